The molecule has 0 aliphatic rings. The second-order valence-corrected chi connectivity index (χ2v) is 5.23. The molecule has 20 heavy (non-hydrogen) atoms. The number of halogens is 3. The molecule has 0 aliphatic carbocycles. The Balaban J connectivity index is 2.78. The van der Waals surface area contributed by atoms with Crippen molar-refractivity contribution in [3.05, 3.63) is 23.2 Å². The first-order valence-corrected chi connectivity index (χ1v) is 6.13. The van der Waals surface area contributed by atoms with E-state index in [0.29, 0.717) is 18.4 Å². The van der Waals surface area contributed by atoms with E-state index in [2.05, 4.69) is 5.32 Å². The third-order valence-electron chi connectivity index (χ3n) is 2.95. The molecule has 0 aromatic carbocycles. The van der Waals surface area contributed by atoms with Gasteiger partial charge in [0.1, 0.15) is 11.5 Å². The third kappa shape index (κ3) is 3.53. The van der Waals surface area contributed by atoms with Crippen LogP contribution in [-0.4, -0.2) is 29.3 Å². The van der Waals surface area contributed by atoms with Crippen LogP contribution in [0.1, 0.15) is 48.6 Å². The molecular weight excluding hydrogens is 275 g/mol. The number of carbonyl (C=O) groups excluding carboxylic acids is 1. The molecule has 0 fully saturated rings. The maximum Gasteiger partial charge on any atom is 0.418 e. The molecule has 114 valence electrons. The van der Waals surface area contributed by atoms with Gasteiger partial charge in [-0.2, -0.15) is 13.2 Å². The van der Waals surface area contributed by atoms with Gasteiger partial charge >= 0.3 is 6.18 Å². The van der Waals surface area contributed by atoms with E-state index in [1.165, 1.54) is 6.07 Å². The lowest BCUT2D eigenvalue weighted by atomic mass is 10.1. The van der Waals surface area contributed by atoms with Crippen molar-refractivity contribution in [1.82, 2.24) is 5.32 Å². The number of alkyl halides is 3. The number of aliphatic hydroxyl groups is 1. The smallest absolute Gasteiger partial charge is 0.418 e. The van der Waals surface area contributed by atoms with Gasteiger partial charge < -0.3 is 14.8 Å². The van der Waals surface area contributed by atoms with Gasteiger partial charge in [-0.3, -0.25) is 4.79 Å². The van der Waals surface area contributed by atoms with Crippen molar-refractivity contribution in [3.63, 3.8) is 0 Å². The molecule has 1 rings (SSSR count). The van der Waals surface area contributed by atoms with Crippen LogP contribution in [0.15, 0.2) is 10.5 Å². The summed E-state index contributed by atoms with van der Waals surface area (Å²) in [5, 5.41) is 11.3. The summed E-state index contributed by atoms with van der Waals surface area (Å²) >= 11 is 0. The van der Waals surface area contributed by atoms with Gasteiger partial charge in [0.15, 0.2) is 5.60 Å². The van der Waals surface area contributed by atoms with E-state index in [9.17, 15) is 23.1 Å². The molecule has 0 spiro atoms. The van der Waals surface area contributed by atoms with E-state index in [4.69, 9.17) is 4.42 Å². The summed E-state index contributed by atoms with van der Waals surface area (Å²) in [5.41, 5.74) is -2.80. The summed E-state index contributed by atoms with van der Waals surface area (Å²) in [7, 11) is 0. The highest BCUT2D eigenvalue weighted by Crippen LogP contribution is 2.29. The molecule has 4 nitrogen and oxygen atoms in total. The first-order valence-electron chi connectivity index (χ1n) is 6.13. The Morgan fingerprint density at radius 1 is 1.45 bits per heavy atom. The van der Waals surface area contributed by atoms with Crippen LogP contribution in [0.5, 0.6) is 0 Å². The summed E-state index contributed by atoms with van der Waals surface area (Å²) in [5.74, 6) is 0.268. The van der Waals surface area contributed by atoms with E-state index in [0.717, 1.165) is 0 Å². The quantitative estimate of drug-likeness (QED) is 0.897. The maximum atomic E-state index is 12.5. The zero-order valence-electron chi connectivity index (χ0n) is 11.8. The van der Waals surface area contributed by atoms with Crippen LogP contribution in [0, 0.1) is 6.92 Å². The monoisotopic (exact) mass is 293 g/mol. The molecule has 0 saturated heterocycles. The molecule has 1 unspecified atom stereocenters. The van der Waals surface area contributed by atoms with Gasteiger partial charge in [-0.1, -0.05) is 13.8 Å². The standard InChI is InChI=1S/C13H18F3NO3/c1-7(2)10-5-9(8(3)20-10)11(18)17-6-12(4,19)13(14,15)16/h5,7,19H,6H2,1-4H3,(H,17,18). The van der Waals surface area contributed by atoms with Crippen molar-refractivity contribution >= 4 is 5.91 Å². The molecule has 2 N–H and O–H groups in total. The average molecular weight is 293 g/mol. The lowest BCUT2D eigenvalue weighted by Gasteiger charge is -2.26. The SMILES string of the molecule is Cc1oc(C(C)C)cc1C(=O)NCC(C)(O)C(F)(F)F. The van der Waals surface area contributed by atoms with Gasteiger partial charge in [-0.05, 0) is 19.9 Å². The van der Waals surface area contributed by atoms with Crippen LogP contribution in [0.2, 0.25) is 0 Å². The number of hydrogen-bond donors (Lipinski definition) is 2. The minimum atomic E-state index is -4.81. The van der Waals surface area contributed by atoms with Crippen LogP contribution in [0.25, 0.3) is 0 Å². The number of carbonyl (C=O) groups is 1. The third-order valence-corrected chi connectivity index (χ3v) is 2.95. The van der Waals surface area contributed by atoms with Crippen molar-refractivity contribution in [3.8, 4) is 0 Å². The predicted octanol–water partition coefficient (Wildman–Crippen LogP) is 2.75. The molecule has 1 heterocycles. The maximum absolute atomic E-state index is 12.5. The molecule has 0 aliphatic heterocycles. The molecule has 1 amide bonds. The highest BCUT2D eigenvalue weighted by Gasteiger charge is 2.49. The van der Waals surface area contributed by atoms with Gasteiger partial charge in [0, 0.05) is 5.92 Å². The largest absolute Gasteiger partial charge is 0.465 e. The molecule has 1 atom stereocenters. The second kappa shape index (κ2) is 5.47. The normalized spacial score (nSPS) is 15.2. The number of hydrogen-bond acceptors (Lipinski definition) is 3. The Morgan fingerprint density at radius 2 is 2.00 bits per heavy atom. The van der Waals surface area contributed by atoms with Crippen LogP contribution in [0.4, 0.5) is 13.2 Å². The molecule has 1 aromatic rings. The van der Waals surface area contributed by atoms with Crippen molar-refractivity contribution in [1.29, 1.82) is 0 Å². The van der Waals surface area contributed by atoms with Crippen LogP contribution in [-0.2, 0) is 0 Å². The van der Waals surface area contributed by atoms with Crippen LogP contribution in [0.3, 0.4) is 0 Å². The number of furan rings is 1. The van der Waals surface area contributed by atoms with E-state index in [1.807, 2.05) is 13.8 Å². The summed E-state index contributed by atoms with van der Waals surface area (Å²) in [4.78, 5) is 11.8. The molecule has 0 bridgehead atoms. The fourth-order valence-electron chi connectivity index (χ4n) is 1.46. The van der Waals surface area contributed by atoms with Crippen molar-refractivity contribution in [2.24, 2.45) is 0 Å². The zero-order chi connectivity index (χ0) is 15.7. The Labute approximate surface area is 115 Å². The van der Waals surface area contributed by atoms with E-state index in [-0.39, 0.29) is 11.5 Å². The average Bonchev–Trinajstić information content (AvgIpc) is 2.67. The van der Waals surface area contributed by atoms with Gasteiger partial charge in [0.2, 0.25) is 0 Å². The van der Waals surface area contributed by atoms with Crippen molar-refractivity contribution in [2.75, 3.05) is 6.54 Å². The number of rotatable bonds is 4. The van der Waals surface area contributed by atoms with Crippen LogP contribution < -0.4 is 5.32 Å². The van der Waals surface area contributed by atoms with E-state index in [1.54, 1.807) is 6.92 Å². The van der Waals surface area contributed by atoms with Gasteiger partial charge in [-0.25, -0.2) is 0 Å². The zero-order valence-corrected chi connectivity index (χ0v) is 11.8. The minimum absolute atomic E-state index is 0.0635. The fraction of sp³-hybridized carbons (Fsp3) is 0.615. The summed E-state index contributed by atoms with van der Waals surface area (Å²) in [6.07, 6.45) is -4.81. The number of nitrogens with one attached hydrogen (secondary N) is 1. The lowest BCUT2D eigenvalue weighted by Crippen LogP contribution is -2.51. The van der Waals surface area contributed by atoms with Crippen LogP contribution >= 0.6 is 0 Å². The number of amides is 1. The number of aryl methyl sites for hydroxylation is 1. The Bertz CT molecular complexity index is 490. The molecule has 0 saturated carbocycles. The summed E-state index contributed by atoms with van der Waals surface area (Å²) in [6, 6.07) is 1.50. The van der Waals surface area contributed by atoms with Crippen molar-refractivity contribution in [2.45, 2.75) is 45.4 Å². The first kappa shape index (κ1) is 16.6. The molecule has 7 heteroatoms. The topological polar surface area (TPSA) is 62.5 Å². The van der Waals surface area contributed by atoms with Gasteiger partial charge in [-0.15, -0.1) is 0 Å². The van der Waals surface area contributed by atoms with Gasteiger partial charge in [0.25, 0.3) is 5.91 Å². The minimum Gasteiger partial charge on any atom is -0.465 e. The highest BCUT2D eigenvalue weighted by atomic mass is 19.4. The van der Waals surface area contributed by atoms with E-state index < -0.39 is 24.2 Å². The first-order chi connectivity index (χ1) is 8.95. The van der Waals surface area contributed by atoms with Gasteiger partial charge in [0.05, 0.1) is 12.1 Å². The fourth-order valence-corrected chi connectivity index (χ4v) is 1.46. The van der Waals surface area contributed by atoms with E-state index >= 15 is 0 Å². The Kier molecular flexibility index (Phi) is 4.53. The lowest BCUT2D eigenvalue weighted by molar-refractivity contribution is -0.249. The molecule has 0 radical (unpaired) electrons. The Morgan fingerprint density at radius 3 is 2.40 bits per heavy atom. The predicted molar refractivity (Wildman–Crippen MR) is 66.5 cm³/mol. The molecular formula is C13H18F3NO3. The Hall–Kier alpha value is -1.50. The summed E-state index contributed by atoms with van der Waals surface area (Å²) < 4.78 is 42.7. The van der Waals surface area contributed by atoms with Crippen molar-refractivity contribution < 1.29 is 27.5 Å². The summed E-state index contributed by atoms with van der Waals surface area (Å²) in [6.45, 7) is 4.98. The molecule has 1 aromatic heterocycles. The second-order valence-electron chi connectivity index (χ2n) is 5.23. The highest BCUT2D eigenvalue weighted by molar-refractivity contribution is 5.95.